The number of hydrogen-bond acceptors (Lipinski definition) is 2. The van der Waals surface area contributed by atoms with Crippen molar-refractivity contribution in [2.24, 2.45) is 0 Å². The SMILES string of the molecule is CC1=CC[C]2=C1CCC1=[C](CC=C1C)[Zr]2([O]c1ccc(F)cc1)[O]c1ccc(F)cc1. The van der Waals surface area contributed by atoms with Crippen molar-refractivity contribution < 1.29 is 35.6 Å². The first-order valence-corrected chi connectivity index (χ1v) is 15.1. The monoisotopic (exact) mass is 496 g/mol. The van der Waals surface area contributed by atoms with Gasteiger partial charge in [-0.25, -0.2) is 0 Å². The fraction of sp³-hybridized carbons (Fsp3) is 0.231. The molecule has 0 fully saturated rings. The van der Waals surface area contributed by atoms with Gasteiger partial charge in [-0.05, 0) is 0 Å². The molecule has 31 heavy (non-hydrogen) atoms. The van der Waals surface area contributed by atoms with Crippen molar-refractivity contribution in [1.29, 1.82) is 0 Å². The molecule has 0 N–H and O–H groups in total. The number of rotatable bonds is 4. The van der Waals surface area contributed by atoms with Crippen molar-refractivity contribution in [3.63, 3.8) is 0 Å². The molecule has 0 unspecified atom stereocenters. The molecule has 1 heterocycles. The summed E-state index contributed by atoms with van der Waals surface area (Å²) < 4.78 is 43.5. The van der Waals surface area contributed by atoms with Crippen molar-refractivity contribution in [3.05, 3.63) is 101 Å². The first kappa shape index (κ1) is 20.6. The third-order valence-electron chi connectivity index (χ3n) is 6.48. The number of halogens is 2. The minimum atomic E-state index is -4.21. The predicted octanol–water partition coefficient (Wildman–Crippen LogP) is 7.41. The van der Waals surface area contributed by atoms with Gasteiger partial charge < -0.3 is 0 Å². The summed E-state index contributed by atoms with van der Waals surface area (Å²) in [6.45, 7) is 4.32. The van der Waals surface area contributed by atoms with E-state index in [2.05, 4.69) is 26.0 Å². The molecule has 158 valence electrons. The molecule has 0 aromatic heterocycles. The Kier molecular flexibility index (Phi) is 5.34. The van der Waals surface area contributed by atoms with Gasteiger partial charge in [-0.2, -0.15) is 0 Å². The predicted molar refractivity (Wildman–Crippen MR) is 114 cm³/mol. The van der Waals surface area contributed by atoms with Crippen LogP contribution in [0.2, 0.25) is 0 Å². The summed E-state index contributed by atoms with van der Waals surface area (Å²) in [6, 6.07) is 12.4. The average Bonchev–Trinajstić information content (AvgIpc) is 3.28. The van der Waals surface area contributed by atoms with Crippen molar-refractivity contribution in [1.82, 2.24) is 0 Å². The average molecular weight is 498 g/mol. The van der Waals surface area contributed by atoms with E-state index in [1.807, 2.05) is 0 Å². The summed E-state index contributed by atoms with van der Waals surface area (Å²) in [6.07, 6.45) is 8.10. The van der Waals surface area contributed by atoms with Crippen LogP contribution in [0.1, 0.15) is 39.5 Å². The third-order valence-corrected chi connectivity index (χ3v) is 15.4. The molecule has 0 saturated carbocycles. The van der Waals surface area contributed by atoms with Crippen LogP contribution in [0.25, 0.3) is 0 Å². The fourth-order valence-corrected chi connectivity index (χ4v) is 14.7. The van der Waals surface area contributed by atoms with Gasteiger partial charge in [0.15, 0.2) is 0 Å². The van der Waals surface area contributed by atoms with Gasteiger partial charge in [-0.15, -0.1) is 0 Å². The van der Waals surface area contributed by atoms with E-state index in [-0.39, 0.29) is 11.6 Å². The van der Waals surface area contributed by atoms with Gasteiger partial charge in [0.1, 0.15) is 0 Å². The first-order chi connectivity index (χ1) is 15.0. The molecule has 3 aliphatic rings. The second kappa shape index (κ2) is 8.02. The van der Waals surface area contributed by atoms with Crippen LogP contribution in [0.5, 0.6) is 11.5 Å². The van der Waals surface area contributed by atoms with Crippen LogP contribution in [0.4, 0.5) is 8.78 Å². The Balaban J connectivity index is 1.70. The zero-order chi connectivity index (χ0) is 21.6. The summed E-state index contributed by atoms with van der Waals surface area (Å²) in [7, 11) is 0. The summed E-state index contributed by atoms with van der Waals surface area (Å²) in [4.78, 5) is 0. The van der Waals surface area contributed by atoms with Crippen LogP contribution in [0.15, 0.2) is 89.5 Å². The maximum atomic E-state index is 13.6. The number of hydrogen-bond donors (Lipinski definition) is 0. The summed E-state index contributed by atoms with van der Waals surface area (Å²) >= 11 is -4.21. The van der Waals surface area contributed by atoms with Crippen LogP contribution >= 0.6 is 0 Å². The van der Waals surface area contributed by atoms with Gasteiger partial charge in [0.2, 0.25) is 0 Å². The molecule has 2 aromatic rings. The minimum absolute atomic E-state index is 0.298. The van der Waals surface area contributed by atoms with Gasteiger partial charge in [0.25, 0.3) is 0 Å². The Morgan fingerprint density at radius 1 is 0.645 bits per heavy atom. The van der Waals surface area contributed by atoms with E-state index in [4.69, 9.17) is 5.63 Å². The fourth-order valence-electron chi connectivity index (χ4n) is 4.88. The van der Waals surface area contributed by atoms with E-state index in [1.54, 1.807) is 24.3 Å². The molecule has 2 aliphatic carbocycles. The topological polar surface area (TPSA) is 18.5 Å². The third kappa shape index (κ3) is 3.67. The van der Waals surface area contributed by atoms with E-state index >= 15 is 0 Å². The Morgan fingerprint density at radius 2 is 1.03 bits per heavy atom. The molecule has 0 bridgehead atoms. The second-order valence-electron chi connectivity index (χ2n) is 8.33. The maximum absolute atomic E-state index is 13.6. The standard InChI is InChI=1S/C14H16.2C6H5FO.Zr/c1-11-5-3-7-13(11)9-10-14-8-4-6-12(14)2;2*7-5-1-3-6(8)4-2-5;/h5-6H,3-4,9-10H2,1-2H3;2*1-4,8H;/q;;;+2/p-2. The number of allylic oxidation sites excluding steroid dienone is 8. The van der Waals surface area contributed by atoms with E-state index in [1.165, 1.54) is 53.1 Å². The molecule has 0 atom stereocenters. The summed E-state index contributed by atoms with van der Waals surface area (Å²) in [5.41, 5.74) is 5.29. The molecule has 5 heteroatoms. The Morgan fingerprint density at radius 3 is 1.42 bits per heavy atom. The molecule has 0 spiro atoms. The van der Waals surface area contributed by atoms with Crippen molar-refractivity contribution in [2.75, 3.05) is 0 Å². The molecule has 0 saturated heterocycles. The van der Waals surface area contributed by atoms with Crippen LogP contribution in [0, 0.1) is 11.6 Å². The van der Waals surface area contributed by atoms with Crippen molar-refractivity contribution in [3.8, 4) is 11.5 Å². The first-order valence-electron chi connectivity index (χ1n) is 10.6. The van der Waals surface area contributed by atoms with E-state index in [9.17, 15) is 8.78 Å². The van der Waals surface area contributed by atoms with Crippen LogP contribution in [-0.4, -0.2) is 0 Å². The molecule has 2 aromatic carbocycles. The second-order valence-corrected chi connectivity index (χ2v) is 15.3. The van der Waals surface area contributed by atoms with Crippen LogP contribution < -0.4 is 5.63 Å². The summed E-state index contributed by atoms with van der Waals surface area (Å²) in [5.74, 6) is 0.644. The molecular weight excluding hydrogens is 474 g/mol. The Labute approximate surface area is 187 Å². The van der Waals surface area contributed by atoms with Crippen LogP contribution in [-0.2, 0) is 21.1 Å². The number of benzene rings is 2. The van der Waals surface area contributed by atoms with Gasteiger partial charge in [-0.1, -0.05) is 0 Å². The van der Waals surface area contributed by atoms with E-state index < -0.39 is 21.1 Å². The molecule has 5 rings (SSSR count). The molecular formula is C26H24F2O2Zr. The van der Waals surface area contributed by atoms with Gasteiger partial charge in [-0.3, -0.25) is 0 Å². The Hall–Kier alpha value is -2.26. The summed E-state index contributed by atoms with van der Waals surface area (Å²) in [5, 5.41) is 0. The van der Waals surface area contributed by atoms with E-state index in [0.29, 0.717) is 11.5 Å². The van der Waals surface area contributed by atoms with Crippen molar-refractivity contribution >= 4 is 0 Å². The van der Waals surface area contributed by atoms with Gasteiger partial charge in [0, 0.05) is 0 Å². The Bertz CT molecular complexity index is 1060. The molecule has 1 aliphatic heterocycles. The van der Waals surface area contributed by atoms with Gasteiger partial charge >= 0.3 is 188 Å². The molecule has 0 radical (unpaired) electrons. The zero-order valence-corrected chi connectivity index (χ0v) is 20.1. The van der Waals surface area contributed by atoms with Crippen LogP contribution in [0.3, 0.4) is 0 Å². The van der Waals surface area contributed by atoms with Gasteiger partial charge in [0.05, 0.1) is 0 Å². The van der Waals surface area contributed by atoms with E-state index in [0.717, 1.165) is 25.7 Å². The van der Waals surface area contributed by atoms with Crippen molar-refractivity contribution in [2.45, 2.75) is 39.5 Å². The quantitative estimate of drug-likeness (QED) is 0.438. The molecule has 2 nitrogen and oxygen atoms in total. The zero-order valence-electron chi connectivity index (χ0n) is 17.7. The molecule has 0 amide bonds. The normalized spacial score (nSPS) is 19.5.